The number of rotatable bonds is 9. The van der Waals surface area contributed by atoms with Gasteiger partial charge in [0.15, 0.2) is 5.78 Å². The van der Waals surface area contributed by atoms with Crippen LogP contribution in [0.3, 0.4) is 0 Å². The first-order valence-electron chi connectivity index (χ1n) is 8.65. The lowest BCUT2D eigenvalue weighted by Crippen LogP contribution is -2.04. The first-order chi connectivity index (χ1) is 11.7. The minimum atomic E-state index is 0.125. The fourth-order valence-electron chi connectivity index (χ4n) is 2.58. The molecule has 2 heteroatoms. The molecular weight excluding hydrogens is 296 g/mol. The van der Waals surface area contributed by atoms with Gasteiger partial charge in [0.25, 0.3) is 0 Å². The van der Waals surface area contributed by atoms with Crippen molar-refractivity contribution in [2.75, 3.05) is 6.61 Å². The van der Waals surface area contributed by atoms with Crippen LogP contribution in [-0.4, -0.2) is 12.4 Å². The minimum absolute atomic E-state index is 0.125. The van der Waals surface area contributed by atoms with Gasteiger partial charge in [-0.15, -0.1) is 0 Å². The van der Waals surface area contributed by atoms with Crippen molar-refractivity contribution < 1.29 is 9.53 Å². The van der Waals surface area contributed by atoms with E-state index >= 15 is 0 Å². The molecule has 0 fully saturated rings. The highest BCUT2D eigenvalue weighted by Crippen LogP contribution is 2.20. The average Bonchev–Trinajstić information content (AvgIpc) is 2.64. The van der Waals surface area contributed by atoms with Gasteiger partial charge in [-0.2, -0.15) is 0 Å². The monoisotopic (exact) mass is 322 g/mol. The van der Waals surface area contributed by atoms with Gasteiger partial charge in [-0.3, -0.25) is 4.79 Å². The zero-order valence-corrected chi connectivity index (χ0v) is 14.6. The zero-order chi connectivity index (χ0) is 17.2. The Kier molecular flexibility index (Phi) is 7.28. The summed E-state index contributed by atoms with van der Waals surface area (Å²) >= 11 is 0. The molecule has 24 heavy (non-hydrogen) atoms. The molecule has 0 aliphatic heterocycles. The summed E-state index contributed by atoms with van der Waals surface area (Å²) in [6.07, 6.45) is 5.72. The molecule has 0 bridgehead atoms. The smallest absolute Gasteiger partial charge is 0.166 e. The molecule has 0 atom stereocenters. The van der Waals surface area contributed by atoms with Gasteiger partial charge in [-0.1, -0.05) is 61.0 Å². The number of allylic oxidation sites excluding steroid dienone is 1. The molecule has 0 aliphatic carbocycles. The summed E-state index contributed by atoms with van der Waals surface area (Å²) < 4.78 is 5.81. The van der Waals surface area contributed by atoms with Crippen molar-refractivity contribution in [3.63, 3.8) is 0 Å². The maximum atomic E-state index is 11.9. The molecule has 0 saturated heterocycles. The Balaban J connectivity index is 1.79. The van der Waals surface area contributed by atoms with E-state index in [4.69, 9.17) is 4.74 Å². The highest BCUT2D eigenvalue weighted by Gasteiger charge is 2.09. The second kappa shape index (κ2) is 9.71. The van der Waals surface area contributed by atoms with Gasteiger partial charge in [0.05, 0.1) is 12.2 Å². The first kappa shape index (κ1) is 18.0. The Bertz CT molecular complexity index is 671. The molecule has 2 aromatic rings. The van der Waals surface area contributed by atoms with Crippen LogP contribution in [0.5, 0.6) is 5.75 Å². The predicted molar refractivity (Wildman–Crippen MR) is 99.7 cm³/mol. The summed E-state index contributed by atoms with van der Waals surface area (Å²) in [7, 11) is 0. The number of benzene rings is 2. The predicted octanol–water partition coefficient (Wildman–Crippen LogP) is 5.63. The molecule has 0 radical (unpaired) electrons. The minimum Gasteiger partial charge on any atom is -0.493 e. The average molecular weight is 322 g/mol. The van der Waals surface area contributed by atoms with E-state index in [-0.39, 0.29) is 5.78 Å². The van der Waals surface area contributed by atoms with Gasteiger partial charge in [0, 0.05) is 6.42 Å². The second-order valence-corrected chi connectivity index (χ2v) is 5.95. The molecule has 0 unspecified atom stereocenters. The molecule has 2 nitrogen and oxygen atoms in total. The normalized spacial score (nSPS) is 11.3. The van der Waals surface area contributed by atoms with Crippen LogP contribution in [0, 0.1) is 0 Å². The molecule has 0 aromatic heterocycles. The number of aryl methyl sites for hydroxylation is 1. The van der Waals surface area contributed by atoms with Crippen LogP contribution in [0.2, 0.25) is 0 Å². The van der Waals surface area contributed by atoms with Crippen molar-refractivity contribution in [1.82, 2.24) is 0 Å². The number of ketones is 1. The molecule has 2 aromatic carbocycles. The summed E-state index contributed by atoms with van der Waals surface area (Å²) in [4.78, 5) is 11.9. The lowest BCUT2D eigenvalue weighted by atomic mass is 10.1. The molecular formula is C22H26O2. The maximum Gasteiger partial charge on any atom is 0.166 e. The third-order valence-corrected chi connectivity index (χ3v) is 4.03. The summed E-state index contributed by atoms with van der Waals surface area (Å²) in [6, 6.07) is 18.0. The van der Waals surface area contributed by atoms with Gasteiger partial charge < -0.3 is 4.74 Å². The van der Waals surface area contributed by atoms with Crippen LogP contribution in [0.1, 0.15) is 49.0 Å². The standard InChI is InChI=1S/C22H26O2/c1-3-21(23)20-13-7-8-14-22(20)24-17-9-10-18(2)15-16-19-11-5-4-6-12-19/h4-8,10-14H,3,9,15-17H2,1-2H3. The molecule has 0 amide bonds. The summed E-state index contributed by atoms with van der Waals surface area (Å²) in [5.41, 5.74) is 3.43. The quantitative estimate of drug-likeness (QED) is 0.340. The number of carbonyl (C=O) groups excluding carboxylic acids is 1. The Morgan fingerprint density at radius 2 is 1.75 bits per heavy atom. The van der Waals surface area contributed by atoms with E-state index in [0.717, 1.165) is 19.3 Å². The Hall–Kier alpha value is -2.35. The van der Waals surface area contributed by atoms with Crippen LogP contribution in [0.25, 0.3) is 0 Å². The van der Waals surface area contributed by atoms with Gasteiger partial charge >= 0.3 is 0 Å². The van der Waals surface area contributed by atoms with Crippen molar-refractivity contribution in [1.29, 1.82) is 0 Å². The van der Waals surface area contributed by atoms with Gasteiger partial charge in [0.1, 0.15) is 5.75 Å². The number of hydrogen-bond acceptors (Lipinski definition) is 2. The summed E-state index contributed by atoms with van der Waals surface area (Å²) in [5, 5.41) is 0. The summed E-state index contributed by atoms with van der Waals surface area (Å²) in [6.45, 7) is 4.63. The molecule has 0 saturated carbocycles. The second-order valence-electron chi connectivity index (χ2n) is 5.95. The SMILES string of the molecule is CCC(=O)c1ccccc1OCCC=C(C)CCc1ccccc1. The third-order valence-electron chi connectivity index (χ3n) is 4.03. The summed E-state index contributed by atoms with van der Waals surface area (Å²) in [5.74, 6) is 0.819. The van der Waals surface area contributed by atoms with Crippen molar-refractivity contribution in [3.05, 3.63) is 77.4 Å². The lowest BCUT2D eigenvalue weighted by Gasteiger charge is -2.09. The molecule has 2 rings (SSSR count). The fourth-order valence-corrected chi connectivity index (χ4v) is 2.58. The number of para-hydroxylation sites is 1. The van der Waals surface area contributed by atoms with E-state index in [0.29, 0.717) is 24.3 Å². The lowest BCUT2D eigenvalue weighted by molar-refractivity contribution is 0.0984. The van der Waals surface area contributed by atoms with Crippen LogP contribution >= 0.6 is 0 Å². The Labute approximate surface area is 145 Å². The van der Waals surface area contributed by atoms with Gasteiger partial charge in [-0.25, -0.2) is 0 Å². The topological polar surface area (TPSA) is 26.3 Å². The van der Waals surface area contributed by atoms with Crippen LogP contribution in [0.4, 0.5) is 0 Å². The van der Waals surface area contributed by atoms with E-state index < -0.39 is 0 Å². The van der Waals surface area contributed by atoms with Gasteiger partial charge in [0.2, 0.25) is 0 Å². The van der Waals surface area contributed by atoms with E-state index in [2.05, 4.69) is 37.3 Å². The highest BCUT2D eigenvalue weighted by molar-refractivity contribution is 5.98. The van der Waals surface area contributed by atoms with E-state index in [9.17, 15) is 4.79 Å². The molecule has 0 aliphatic rings. The Morgan fingerprint density at radius 1 is 1.04 bits per heavy atom. The van der Waals surface area contributed by atoms with Crippen molar-refractivity contribution in [2.45, 2.75) is 39.5 Å². The largest absolute Gasteiger partial charge is 0.493 e. The Morgan fingerprint density at radius 3 is 2.50 bits per heavy atom. The molecule has 0 heterocycles. The van der Waals surface area contributed by atoms with Crippen molar-refractivity contribution in [2.24, 2.45) is 0 Å². The van der Waals surface area contributed by atoms with Crippen LogP contribution < -0.4 is 4.74 Å². The molecule has 0 spiro atoms. The highest BCUT2D eigenvalue weighted by atomic mass is 16.5. The molecule has 126 valence electrons. The molecule has 0 N–H and O–H groups in total. The fraction of sp³-hybridized carbons (Fsp3) is 0.318. The van der Waals surface area contributed by atoms with Crippen LogP contribution in [0.15, 0.2) is 66.2 Å². The zero-order valence-electron chi connectivity index (χ0n) is 14.6. The van der Waals surface area contributed by atoms with E-state index in [1.165, 1.54) is 11.1 Å². The van der Waals surface area contributed by atoms with Crippen LogP contribution in [-0.2, 0) is 6.42 Å². The maximum absolute atomic E-state index is 11.9. The first-order valence-corrected chi connectivity index (χ1v) is 8.65. The van der Waals surface area contributed by atoms with E-state index in [1.54, 1.807) is 0 Å². The number of ether oxygens (including phenoxy) is 1. The van der Waals surface area contributed by atoms with Crippen molar-refractivity contribution in [3.8, 4) is 5.75 Å². The number of carbonyl (C=O) groups is 1. The van der Waals surface area contributed by atoms with Crippen molar-refractivity contribution >= 4 is 5.78 Å². The van der Waals surface area contributed by atoms with E-state index in [1.807, 2.05) is 37.3 Å². The third kappa shape index (κ3) is 5.69. The number of Topliss-reactive ketones (excluding diaryl/α,β-unsaturated/α-hetero) is 1. The number of hydrogen-bond donors (Lipinski definition) is 0. The van der Waals surface area contributed by atoms with Gasteiger partial charge in [-0.05, 0) is 43.9 Å².